The molecule has 0 amide bonds. The van der Waals surface area contributed by atoms with Crippen molar-refractivity contribution in [2.45, 2.75) is 25.7 Å². The number of anilines is 1. The lowest BCUT2D eigenvalue weighted by Crippen LogP contribution is -2.17. The van der Waals surface area contributed by atoms with E-state index in [4.69, 9.17) is 18.0 Å². The number of nitrogens with two attached hydrogens (primary N) is 1. The summed E-state index contributed by atoms with van der Waals surface area (Å²) < 4.78 is 27.3. The summed E-state index contributed by atoms with van der Waals surface area (Å²) in [5.41, 5.74) is 5.47. The zero-order valence-electron chi connectivity index (χ0n) is 10.0. The maximum absolute atomic E-state index is 13.7. The molecule has 5 heteroatoms. The van der Waals surface area contributed by atoms with Gasteiger partial charge in [-0.2, -0.15) is 0 Å². The van der Waals surface area contributed by atoms with E-state index in [1.807, 2.05) is 0 Å². The van der Waals surface area contributed by atoms with Crippen LogP contribution in [-0.2, 0) is 0 Å². The third kappa shape index (κ3) is 2.96. The van der Waals surface area contributed by atoms with E-state index in [0.717, 1.165) is 18.6 Å². The normalized spacial score (nSPS) is 15.2. The third-order valence-electron chi connectivity index (χ3n) is 3.41. The van der Waals surface area contributed by atoms with Crippen LogP contribution in [0.5, 0.6) is 0 Å². The molecule has 1 aliphatic carbocycles. The van der Waals surface area contributed by atoms with Crippen LogP contribution in [0.2, 0.25) is 0 Å². The summed E-state index contributed by atoms with van der Waals surface area (Å²) in [4.78, 5) is -0.00572. The van der Waals surface area contributed by atoms with Crippen molar-refractivity contribution in [1.29, 1.82) is 0 Å². The maximum atomic E-state index is 13.7. The van der Waals surface area contributed by atoms with Crippen LogP contribution in [0.4, 0.5) is 14.5 Å². The number of hydrogen-bond acceptors (Lipinski definition) is 2. The average Bonchev–Trinajstić information content (AvgIpc) is 2.24. The fourth-order valence-corrected chi connectivity index (χ4v) is 2.18. The number of hydrogen-bond donors (Lipinski definition) is 2. The summed E-state index contributed by atoms with van der Waals surface area (Å²) >= 11 is 4.69. The zero-order chi connectivity index (χ0) is 13.1. The number of thiocarbonyl (C=S) groups is 1. The van der Waals surface area contributed by atoms with Gasteiger partial charge < -0.3 is 11.1 Å². The Morgan fingerprint density at radius 1 is 1.33 bits per heavy atom. The summed E-state index contributed by atoms with van der Waals surface area (Å²) in [5.74, 6) is -0.586. The highest BCUT2D eigenvalue weighted by Gasteiger charge is 2.17. The molecule has 1 aliphatic rings. The fraction of sp³-hybridized carbons (Fsp3) is 0.462. The van der Waals surface area contributed by atoms with E-state index in [0.29, 0.717) is 12.5 Å². The summed E-state index contributed by atoms with van der Waals surface area (Å²) in [6, 6.07) is 2.33. The van der Waals surface area contributed by atoms with Crippen molar-refractivity contribution in [3.05, 3.63) is 29.3 Å². The quantitative estimate of drug-likeness (QED) is 0.807. The SMILES string of the molecule is NC(=S)c1cc(F)c(NCCC2CCC2)c(F)c1. The third-order valence-corrected chi connectivity index (χ3v) is 3.64. The molecule has 0 unspecified atom stereocenters. The van der Waals surface area contributed by atoms with Crippen molar-refractivity contribution in [3.8, 4) is 0 Å². The molecule has 3 N–H and O–H groups in total. The van der Waals surface area contributed by atoms with Crippen molar-refractivity contribution < 1.29 is 8.78 Å². The molecule has 1 saturated carbocycles. The van der Waals surface area contributed by atoms with Gasteiger partial charge in [0.25, 0.3) is 0 Å². The van der Waals surface area contributed by atoms with Gasteiger partial charge in [0.2, 0.25) is 0 Å². The van der Waals surface area contributed by atoms with Gasteiger partial charge in [0.15, 0.2) is 0 Å². The first-order chi connectivity index (χ1) is 8.58. The van der Waals surface area contributed by atoms with Gasteiger partial charge in [-0.25, -0.2) is 8.78 Å². The van der Waals surface area contributed by atoms with Crippen LogP contribution in [0, 0.1) is 17.6 Å². The molecule has 0 atom stereocenters. The van der Waals surface area contributed by atoms with Gasteiger partial charge in [-0.05, 0) is 24.5 Å². The van der Waals surface area contributed by atoms with Crippen LogP contribution in [0.1, 0.15) is 31.2 Å². The number of halogens is 2. The Morgan fingerprint density at radius 3 is 2.39 bits per heavy atom. The highest BCUT2D eigenvalue weighted by Crippen LogP contribution is 2.29. The summed E-state index contributed by atoms with van der Waals surface area (Å²) in [5, 5.41) is 2.81. The smallest absolute Gasteiger partial charge is 0.150 e. The Labute approximate surface area is 111 Å². The second-order valence-electron chi connectivity index (χ2n) is 4.69. The van der Waals surface area contributed by atoms with Crippen molar-refractivity contribution >= 4 is 22.9 Å². The van der Waals surface area contributed by atoms with Crippen molar-refractivity contribution in [3.63, 3.8) is 0 Å². The topological polar surface area (TPSA) is 38.0 Å². The first-order valence-corrected chi connectivity index (χ1v) is 6.51. The molecule has 1 aromatic carbocycles. The van der Waals surface area contributed by atoms with E-state index in [9.17, 15) is 8.78 Å². The number of benzene rings is 1. The molecule has 0 spiro atoms. The van der Waals surface area contributed by atoms with Crippen molar-refractivity contribution in [2.75, 3.05) is 11.9 Å². The Morgan fingerprint density at radius 2 is 1.94 bits per heavy atom. The van der Waals surface area contributed by atoms with E-state index < -0.39 is 11.6 Å². The Bertz CT molecular complexity index is 435. The highest BCUT2D eigenvalue weighted by atomic mass is 32.1. The van der Waals surface area contributed by atoms with Crippen molar-refractivity contribution in [1.82, 2.24) is 0 Å². The first-order valence-electron chi connectivity index (χ1n) is 6.10. The van der Waals surface area contributed by atoms with Crippen LogP contribution in [0.15, 0.2) is 12.1 Å². The summed E-state index contributed by atoms with van der Waals surface area (Å²) in [6.07, 6.45) is 4.69. The predicted molar refractivity (Wildman–Crippen MR) is 72.7 cm³/mol. The summed E-state index contributed by atoms with van der Waals surface area (Å²) in [7, 11) is 0. The summed E-state index contributed by atoms with van der Waals surface area (Å²) in [6.45, 7) is 0.588. The highest BCUT2D eigenvalue weighted by molar-refractivity contribution is 7.80. The second kappa shape index (κ2) is 5.61. The average molecular weight is 270 g/mol. The molecule has 98 valence electrons. The predicted octanol–water partition coefficient (Wildman–Crippen LogP) is 3.20. The minimum atomic E-state index is -0.647. The van der Waals surface area contributed by atoms with Gasteiger partial charge in [0, 0.05) is 12.1 Å². The fourth-order valence-electron chi connectivity index (χ4n) is 2.07. The van der Waals surface area contributed by atoms with E-state index in [2.05, 4.69) is 5.32 Å². The van der Waals surface area contributed by atoms with Crippen LogP contribution in [0.25, 0.3) is 0 Å². The molecule has 0 heterocycles. The number of rotatable bonds is 5. The molecule has 2 rings (SSSR count). The lowest BCUT2D eigenvalue weighted by atomic mass is 9.83. The second-order valence-corrected chi connectivity index (χ2v) is 5.13. The van der Waals surface area contributed by atoms with Gasteiger partial charge in [-0.1, -0.05) is 31.5 Å². The minimum absolute atomic E-state index is 0.00572. The van der Waals surface area contributed by atoms with E-state index in [-0.39, 0.29) is 16.2 Å². The first kappa shape index (κ1) is 13.2. The number of nitrogens with one attached hydrogen (secondary N) is 1. The monoisotopic (exact) mass is 270 g/mol. The van der Waals surface area contributed by atoms with Crippen LogP contribution in [-0.4, -0.2) is 11.5 Å². The van der Waals surface area contributed by atoms with Gasteiger partial charge in [0.1, 0.15) is 22.3 Å². The van der Waals surface area contributed by atoms with E-state index in [1.54, 1.807) is 0 Å². The zero-order valence-corrected chi connectivity index (χ0v) is 10.8. The van der Waals surface area contributed by atoms with Crippen LogP contribution < -0.4 is 11.1 Å². The van der Waals surface area contributed by atoms with E-state index in [1.165, 1.54) is 19.3 Å². The molecule has 0 radical (unpaired) electrons. The Kier molecular flexibility index (Phi) is 4.11. The molecule has 1 fully saturated rings. The van der Waals surface area contributed by atoms with Crippen molar-refractivity contribution in [2.24, 2.45) is 11.7 Å². The van der Waals surface area contributed by atoms with Crippen LogP contribution in [0.3, 0.4) is 0 Å². The molecule has 1 aromatic rings. The molecule has 0 saturated heterocycles. The molecular formula is C13H16F2N2S. The van der Waals surface area contributed by atoms with Gasteiger partial charge >= 0.3 is 0 Å². The standard InChI is InChI=1S/C13H16F2N2S/c14-10-6-9(13(16)18)7-11(15)12(10)17-5-4-8-2-1-3-8/h6-8,17H,1-5H2,(H2,16,18). The van der Waals surface area contributed by atoms with Crippen LogP contribution >= 0.6 is 12.2 Å². The lowest BCUT2D eigenvalue weighted by molar-refractivity contribution is 0.302. The van der Waals surface area contributed by atoms with Gasteiger partial charge in [0.05, 0.1) is 0 Å². The molecule has 0 aliphatic heterocycles. The molecular weight excluding hydrogens is 254 g/mol. The Balaban J connectivity index is 2.00. The molecule has 0 aromatic heterocycles. The largest absolute Gasteiger partial charge is 0.389 e. The Hall–Kier alpha value is -1.23. The molecule has 0 bridgehead atoms. The molecule has 2 nitrogen and oxygen atoms in total. The lowest BCUT2D eigenvalue weighted by Gasteiger charge is -2.25. The minimum Gasteiger partial charge on any atom is -0.389 e. The van der Waals surface area contributed by atoms with Gasteiger partial charge in [-0.15, -0.1) is 0 Å². The maximum Gasteiger partial charge on any atom is 0.150 e. The van der Waals surface area contributed by atoms with E-state index >= 15 is 0 Å². The molecule has 18 heavy (non-hydrogen) atoms. The van der Waals surface area contributed by atoms with Gasteiger partial charge in [-0.3, -0.25) is 0 Å².